The Hall–Kier alpha value is -0.910. The molecule has 0 aliphatic carbocycles. The molecule has 2 fully saturated rings. The maximum absolute atomic E-state index is 11.8. The fraction of sp³-hybridized carbons (Fsp3) is 0.632. The normalized spacial score (nSPS) is 20.1. The number of benzene rings is 1. The maximum Gasteiger partial charge on any atom is 0.214 e. The molecule has 1 aromatic carbocycles. The van der Waals surface area contributed by atoms with Gasteiger partial charge in [0.15, 0.2) is 5.96 Å². The van der Waals surface area contributed by atoms with Crippen molar-refractivity contribution in [3.63, 3.8) is 0 Å². The summed E-state index contributed by atoms with van der Waals surface area (Å²) < 4.78 is 25.2. The van der Waals surface area contributed by atoms with Gasteiger partial charge >= 0.3 is 0 Å². The molecule has 2 aliphatic rings. The first-order valence-corrected chi connectivity index (χ1v) is 11.4. The summed E-state index contributed by atoms with van der Waals surface area (Å²) in [5, 5.41) is 6.47. The highest BCUT2D eigenvalue weighted by molar-refractivity contribution is 14.0. The van der Waals surface area contributed by atoms with Crippen LogP contribution in [0.1, 0.15) is 30.4 Å². The van der Waals surface area contributed by atoms with Gasteiger partial charge < -0.3 is 10.6 Å². The number of halogens is 1. The molecule has 0 amide bonds. The highest BCUT2D eigenvalue weighted by Gasteiger charge is 2.27. The molecule has 0 bridgehead atoms. The molecule has 0 unspecified atom stereocenters. The van der Waals surface area contributed by atoms with Gasteiger partial charge in [-0.15, -0.1) is 24.0 Å². The van der Waals surface area contributed by atoms with Crippen LogP contribution in [-0.4, -0.2) is 69.1 Å². The second-order valence-electron chi connectivity index (χ2n) is 7.22. The molecule has 2 N–H and O–H groups in total. The Balaban J connectivity index is 0.00000280. The van der Waals surface area contributed by atoms with E-state index in [1.165, 1.54) is 37.1 Å². The molecule has 0 atom stereocenters. The van der Waals surface area contributed by atoms with Crippen molar-refractivity contribution in [1.29, 1.82) is 0 Å². The van der Waals surface area contributed by atoms with Gasteiger partial charge in [-0.25, -0.2) is 12.7 Å². The quantitative estimate of drug-likeness (QED) is 0.324. The number of guanidine groups is 1. The summed E-state index contributed by atoms with van der Waals surface area (Å²) in [4.78, 5) is 6.71. The zero-order valence-electron chi connectivity index (χ0n) is 16.6. The molecule has 2 aliphatic heterocycles. The molecular formula is C19H32IN5O2S. The van der Waals surface area contributed by atoms with Gasteiger partial charge in [-0.05, 0) is 43.5 Å². The molecular weight excluding hydrogens is 489 g/mol. The van der Waals surface area contributed by atoms with Crippen LogP contribution in [0, 0.1) is 0 Å². The minimum absolute atomic E-state index is 0. The van der Waals surface area contributed by atoms with Crippen molar-refractivity contribution in [3.8, 4) is 0 Å². The molecule has 0 aromatic heterocycles. The minimum Gasteiger partial charge on any atom is -0.355 e. The molecule has 9 heteroatoms. The summed E-state index contributed by atoms with van der Waals surface area (Å²) in [6.07, 6.45) is 3.36. The van der Waals surface area contributed by atoms with E-state index in [0.29, 0.717) is 32.1 Å². The van der Waals surface area contributed by atoms with E-state index in [4.69, 9.17) is 0 Å². The summed E-state index contributed by atoms with van der Waals surface area (Å²) in [5.41, 5.74) is 2.56. The zero-order chi connectivity index (χ0) is 19.1. The van der Waals surface area contributed by atoms with Crippen LogP contribution >= 0.6 is 24.0 Å². The number of hydrogen-bond donors (Lipinski definition) is 2. The molecule has 3 rings (SSSR count). The van der Waals surface area contributed by atoms with E-state index in [9.17, 15) is 8.42 Å². The zero-order valence-corrected chi connectivity index (χ0v) is 19.7. The topological polar surface area (TPSA) is 77.0 Å². The number of nitrogens with zero attached hydrogens (tertiary/aromatic N) is 3. The first-order chi connectivity index (χ1) is 13.1. The van der Waals surface area contributed by atoms with Crippen LogP contribution in [0.5, 0.6) is 0 Å². The molecule has 0 radical (unpaired) electrons. The van der Waals surface area contributed by atoms with Crippen molar-refractivity contribution in [1.82, 2.24) is 19.8 Å². The monoisotopic (exact) mass is 521 g/mol. The number of hydrogen-bond acceptors (Lipinski definition) is 4. The first-order valence-electron chi connectivity index (χ1n) is 9.79. The van der Waals surface area contributed by atoms with Crippen LogP contribution in [0.25, 0.3) is 0 Å². The second kappa shape index (κ2) is 11.3. The van der Waals surface area contributed by atoms with Crippen LogP contribution in [-0.2, 0) is 23.1 Å². The Labute approximate surface area is 186 Å². The van der Waals surface area contributed by atoms with E-state index in [1.54, 1.807) is 11.4 Å². The summed E-state index contributed by atoms with van der Waals surface area (Å²) in [7, 11) is -1.31. The van der Waals surface area contributed by atoms with Gasteiger partial charge in [-0.3, -0.25) is 9.89 Å². The van der Waals surface area contributed by atoms with E-state index < -0.39 is 10.0 Å². The molecule has 0 saturated carbocycles. The predicted octanol–water partition coefficient (Wildman–Crippen LogP) is 1.60. The first kappa shape index (κ1) is 23.4. The molecule has 2 heterocycles. The third-order valence-electron chi connectivity index (χ3n) is 5.17. The molecule has 28 heavy (non-hydrogen) atoms. The summed E-state index contributed by atoms with van der Waals surface area (Å²) in [5.74, 6) is 0.959. The molecule has 158 valence electrons. The van der Waals surface area contributed by atoms with Gasteiger partial charge in [0.1, 0.15) is 0 Å². The largest absolute Gasteiger partial charge is 0.355 e. The third-order valence-corrected chi connectivity index (χ3v) is 7.12. The molecule has 2 saturated heterocycles. The average Bonchev–Trinajstić information content (AvgIpc) is 3.28. The standard InChI is InChI=1S/C19H31N5O2S.HI/c1-20-19(21-9-13-24-12-4-14-27(24,25)26)22-15-17-5-7-18(8-6-17)16-23-10-2-3-11-23;/h5-8H,2-4,9-16H2,1H3,(H2,20,21,22);1H. The van der Waals surface area contributed by atoms with Gasteiger partial charge in [0.2, 0.25) is 10.0 Å². The lowest BCUT2D eigenvalue weighted by Crippen LogP contribution is -2.41. The highest BCUT2D eigenvalue weighted by atomic mass is 127. The van der Waals surface area contributed by atoms with Crippen LogP contribution in [0.15, 0.2) is 29.3 Å². The van der Waals surface area contributed by atoms with E-state index in [-0.39, 0.29) is 29.7 Å². The van der Waals surface area contributed by atoms with E-state index in [2.05, 4.69) is 44.8 Å². The van der Waals surface area contributed by atoms with Crippen molar-refractivity contribution in [2.45, 2.75) is 32.4 Å². The summed E-state index contributed by atoms with van der Waals surface area (Å²) in [6, 6.07) is 8.71. The van der Waals surface area contributed by atoms with Gasteiger partial charge in [0, 0.05) is 39.8 Å². The number of aliphatic imine (C=N–C) groups is 1. The third kappa shape index (κ3) is 6.85. The van der Waals surface area contributed by atoms with Crippen molar-refractivity contribution in [2.75, 3.05) is 45.5 Å². The maximum atomic E-state index is 11.8. The van der Waals surface area contributed by atoms with Crippen molar-refractivity contribution >= 4 is 40.0 Å². The lowest BCUT2D eigenvalue weighted by Gasteiger charge is -2.17. The number of rotatable bonds is 7. The summed E-state index contributed by atoms with van der Waals surface area (Å²) >= 11 is 0. The lowest BCUT2D eigenvalue weighted by molar-refractivity contribution is 0.331. The minimum atomic E-state index is -3.03. The van der Waals surface area contributed by atoms with Gasteiger partial charge in [-0.1, -0.05) is 24.3 Å². The van der Waals surface area contributed by atoms with Crippen molar-refractivity contribution in [3.05, 3.63) is 35.4 Å². The van der Waals surface area contributed by atoms with Crippen LogP contribution < -0.4 is 10.6 Å². The number of nitrogens with one attached hydrogen (secondary N) is 2. The van der Waals surface area contributed by atoms with Gasteiger partial charge in [0.05, 0.1) is 5.75 Å². The Morgan fingerprint density at radius 1 is 1.04 bits per heavy atom. The summed E-state index contributed by atoms with van der Waals surface area (Å²) in [6.45, 7) is 5.80. The van der Waals surface area contributed by atoms with E-state index >= 15 is 0 Å². The Morgan fingerprint density at radius 2 is 1.71 bits per heavy atom. The van der Waals surface area contributed by atoms with Gasteiger partial charge in [-0.2, -0.15) is 0 Å². The Morgan fingerprint density at radius 3 is 2.32 bits per heavy atom. The molecule has 1 aromatic rings. The SMILES string of the molecule is CN=C(NCCN1CCCS1(=O)=O)NCc1ccc(CN2CCCC2)cc1.I. The second-order valence-corrected chi connectivity index (χ2v) is 9.31. The smallest absolute Gasteiger partial charge is 0.214 e. The molecule has 7 nitrogen and oxygen atoms in total. The fourth-order valence-electron chi connectivity index (χ4n) is 3.61. The van der Waals surface area contributed by atoms with Crippen LogP contribution in [0.4, 0.5) is 0 Å². The van der Waals surface area contributed by atoms with Crippen LogP contribution in [0.3, 0.4) is 0 Å². The number of sulfonamides is 1. The Bertz CT molecular complexity index is 733. The van der Waals surface area contributed by atoms with Crippen LogP contribution in [0.2, 0.25) is 0 Å². The molecule has 0 spiro atoms. The van der Waals surface area contributed by atoms with E-state index in [0.717, 1.165) is 13.0 Å². The number of likely N-dealkylation sites (tertiary alicyclic amines) is 1. The Kier molecular flexibility index (Phi) is 9.45. The fourth-order valence-corrected chi connectivity index (χ4v) is 5.14. The van der Waals surface area contributed by atoms with Crippen molar-refractivity contribution in [2.24, 2.45) is 4.99 Å². The predicted molar refractivity (Wildman–Crippen MR) is 125 cm³/mol. The van der Waals surface area contributed by atoms with E-state index in [1.807, 2.05) is 0 Å². The average molecular weight is 521 g/mol. The highest BCUT2D eigenvalue weighted by Crippen LogP contribution is 2.13. The van der Waals surface area contributed by atoms with Crippen molar-refractivity contribution < 1.29 is 8.42 Å². The van der Waals surface area contributed by atoms with Gasteiger partial charge in [0.25, 0.3) is 0 Å². The lowest BCUT2D eigenvalue weighted by atomic mass is 10.1.